The average molecular weight is 298 g/mol. The number of rotatable bonds is 4. The van der Waals surface area contributed by atoms with Crippen molar-refractivity contribution in [3.05, 3.63) is 34.9 Å². The zero-order valence-electron chi connectivity index (χ0n) is 12.1. The van der Waals surface area contributed by atoms with E-state index in [1.807, 2.05) is 6.07 Å². The molecule has 0 heterocycles. The van der Waals surface area contributed by atoms with E-state index in [-0.39, 0.29) is 6.04 Å². The first-order chi connectivity index (χ1) is 9.14. The fourth-order valence-corrected chi connectivity index (χ4v) is 2.38. The Morgan fingerprint density at radius 1 is 1.25 bits per heavy atom. The summed E-state index contributed by atoms with van der Waals surface area (Å²) < 4.78 is 0. The van der Waals surface area contributed by atoms with Crippen molar-refractivity contribution in [3.63, 3.8) is 0 Å². The smallest absolute Gasteiger partial charge is 0.316 e. The van der Waals surface area contributed by atoms with E-state index in [2.05, 4.69) is 5.32 Å². The fourth-order valence-electron chi connectivity index (χ4n) is 2.08. The average Bonchev–Trinajstić information content (AvgIpc) is 2.26. The summed E-state index contributed by atoms with van der Waals surface area (Å²) in [6, 6.07) is 6.82. The number of carboxylic acids is 1. The molecule has 0 aliphatic heterocycles. The number of benzene rings is 1. The molecule has 20 heavy (non-hydrogen) atoms. The number of nitrogens with one attached hydrogen (secondary N) is 1. The van der Waals surface area contributed by atoms with E-state index in [0.29, 0.717) is 5.02 Å². The van der Waals surface area contributed by atoms with Crippen LogP contribution in [0.15, 0.2) is 24.3 Å². The molecule has 1 aromatic carbocycles. The summed E-state index contributed by atoms with van der Waals surface area (Å²) in [5.74, 6) is -2.73. The molecular weight excluding hydrogens is 278 g/mol. The predicted molar refractivity (Wildman–Crippen MR) is 78.6 cm³/mol. The molecule has 2 unspecified atom stereocenters. The zero-order valence-corrected chi connectivity index (χ0v) is 12.9. The molecule has 2 atom stereocenters. The minimum atomic E-state index is -1.12. The van der Waals surface area contributed by atoms with Crippen LogP contribution in [0.1, 0.15) is 39.3 Å². The highest BCUT2D eigenvalue weighted by Crippen LogP contribution is 2.28. The van der Waals surface area contributed by atoms with Gasteiger partial charge in [-0.15, -0.1) is 0 Å². The van der Waals surface area contributed by atoms with Crippen LogP contribution in [0.2, 0.25) is 5.02 Å². The molecule has 0 saturated carbocycles. The maximum absolute atomic E-state index is 12.2. The normalized spacial score (nSPS) is 14.4. The van der Waals surface area contributed by atoms with Gasteiger partial charge in [0.15, 0.2) is 0 Å². The lowest BCUT2D eigenvalue weighted by atomic mass is 9.80. The molecule has 4 nitrogen and oxygen atoms in total. The number of carboxylic acid groups (broad SMARTS) is 1. The van der Waals surface area contributed by atoms with Gasteiger partial charge in [0.1, 0.15) is 5.92 Å². The molecule has 0 bridgehead atoms. The molecule has 110 valence electrons. The Bertz CT molecular complexity index is 508. The highest BCUT2D eigenvalue weighted by atomic mass is 35.5. The second kappa shape index (κ2) is 6.27. The lowest BCUT2D eigenvalue weighted by Gasteiger charge is -2.27. The highest BCUT2D eigenvalue weighted by Gasteiger charge is 2.38. The molecule has 0 fully saturated rings. The minimum absolute atomic E-state index is 0.347. The second-order valence-corrected chi connectivity index (χ2v) is 6.30. The van der Waals surface area contributed by atoms with Crippen LogP contribution in [0.3, 0.4) is 0 Å². The molecule has 0 saturated heterocycles. The number of carbonyl (C=O) groups excluding carboxylic acids is 1. The van der Waals surface area contributed by atoms with Gasteiger partial charge in [-0.1, -0.05) is 50.6 Å². The second-order valence-electron chi connectivity index (χ2n) is 5.89. The van der Waals surface area contributed by atoms with Gasteiger partial charge in [-0.25, -0.2) is 0 Å². The molecule has 0 radical (unpaired) electrons. The lowest BCUT2D eigenvalue weighted by molar-refractivity contribution is -0.151. The van der Waals surface area contributed by atoms with Crippen LogP contribution >= 0.6 is 11.6 Å². The third-order valence-corrected chi connectivity index (χ3v) is 3.45. The van der Waals surface area contributed by atoms with E-state index in [4.69, 9.17) is 11.6 Å². The summed E-state index contributed by atoms with van der Waals surface area (Å²) in [5.41, 5.74) is 0.108. The molecule has 1 rings (SSSR count). The van der Waals surface area contributed by atoms with E-state index in [9.17, 15) is 14.7 Å². The number of hydrogen-bond donors (Lipinski definition) is 2. The Hall–Kier alpha value is -1.55. The van der Waals surface area contributed by atoms with E-state index >= 15 is 0 Å². The van der Waals surface area contributed by atoms with Crippen molar-refractivity contribution in [2.45, 2.75) is 33.7 Å². The Labute approximate surface area is 124 Å². The maximum atomic E-state index is 12.2. The van der Waals surface area contributed by atoms with E-state index in [0.717, 1.165) is 5.56 Å². The van der Waals surface area contributed by atoms with Crippen LogP contribution in [0.5, 0.6) is 0 Å². The first kappa shape index (κ1) is 16.5. The molecule has 0 aromatic heterocycles. The van der Waals surface area contributed by atoms with Crippen molar-refractivity contribution < 1.29 is 14.7 Å². The van der Waals surface area contributed by atoms with Gasteiger partial charge in [-0.05, 0) is 24.0 Å². The van der Waals surface area contributed by atoms with Crippen LogP contribution in [0.25, 0.3) is 0 Å². The third kappa shape index (κ3) is 3.97. The van der Waals surface area contributed by atoms with Crippen molar-refractivity contribution in [3.8, 4) is 0 Å². The van der Waals surface area contributed by atoms with Crippen molar-refractivity contribution in [2.24, 2.45) is 11.3 Å². The summed E-state index contributed by atoms with van der Waals surface area (Å²) in [7, 11) is 0. The van der Waals surface area contributed by atoms with Gasteiger partial charge in [-0.3, -0.25) is 9.59 Å². The molecular formula is C15H20ClNO3. The molecule has 5 heteroatoms. The third-order valence-electron chi connectivity index (χ3n) is 3.11. The van der Waals surface area contributed by atoms with Gasteiger partial charge < -0.3 is 10.4 Å². The van der Waals surface area contributed by atoms with Gasteiger partial charge in [0, 0.05) is 5.02 Å². The Kier molecular flexibility index (Phi) is 5.17. The van der Waals surface area contributed by atoms with Crippen molar-refractivity contribution in [2.75, 3.05) is 0 Å². The number of hydrogen-bond acceptors (Lipinski definition) is 2. The van der Waals surface area contributed by atoms with Crippen LogP contribution in [0, 0.1) is 11.3 Å². The van der Waals surface area contributed by atoms with Gasteiger partial charge in [0.2, 0.25) is 5.91 Å². The van der Waals surface area contributed by atoms with Crippen LogP contribution < -0.4 is 5.32 Å². The molecule has 0 aliphatic carbocycles. The largest absolute Gasteiger partial charge is 0.481 e. The monoisotopic (exact) mass is 297 g/mol. The first-order valence-electron chi connectivity index (χ1n) is 6.42. The maximum Gasteiger partial charge on any atom is 0.316 e. The Morgan fingerprint density at radius 2 is 1.80 bits per heavy atom. The Balaban J connectivity index is 2.90. The first-order valence-corrected chi connectivity index (χ1v) is 6.80. The summed E-state index contributed by atoms with van der Waals surface area (Å²) in [6.07, 6.45) is 0. The van der Waals surface area contributed by atoms with Crippen molar-refractivity contribution >= 4 is 23.5 Å². The number of halogens is 1. The summed E-state index contributed by atoms with van der Waals surface area (Å²) in [6.45, 7) is 6.96. The summed E-state index contributed by atoms with van der Waals surface area (Å²) >= 11 is 6.07. The summed E-state index contributed by atoms with van der Waals surface area (Å²) in [5, 5.41) is 12.5. The standard InChI is InChI=1S/C15H20ClNO3/c1-9(10-7-5-6-8-11(10)16)17-13(18)12(14(19)20)15(2,3)4/h5-9,12H,1-4H3,(H,17,18)(H,19,20). The van der Waals surface area contributed by atoms with Crippen LogP contribution in [-0.2, 0) is 9.59 Å². The molecule has 2 N–H and O–H groups in total. The fraction of sp³-hybridized carbons (Fsp3) is 0.467. The van der Waals surface area contributed by atoms with Gasteiger partial charge in [0.05, 0.1) is 6.04 Å². The Morgan fingerprint density at radius 3 is 2.25 bits per heavy atom. The van der Waals surface area contributed by atoms with Crippen LogP contribution in [-0.4, -0.2) is 17.0 Å². The van der Waals surface area contributed by atoms with Crippen LogP contribution in [0.4, 0.5) is 0 Å². The van der Waals surface area contributed by atoms with Gasteiger partial charge in [0.25, 0.3) is 0 Å². The minimum Gasteiger partial charge on any atom is -0.481 e. The number of carbonyl (C=O) groups is 2. The molecule has 1 aromatic rings. The lowest BCUT2D eigenvalue weighted by Crippen LogP contribution is -2.43. The molecule has 0 aliphatic rings. The van der Waals surface area contributed by atoms with Gasteiger partial charge >= 0.3 is 5.97 Å². The quantitative estimate of drug-likeness (QED) is 0.838. The van der Waals surface area contributed by atoms with E-state index < -0.39 is 23.2 Å². The SMILES string of the molecule is CC(NC(=O)C(C(=O)O)C(C)(C)C)c1ccccc1Cl. The van der Waals surface area contributed by atoms with Gasteiger partial charge in [-0.2, -0.15) is 0 Å². The molecule has 0 spiro atoms. The number of amides is 1. The van der Waals surface area contributed by atoms with Crippen molar-refractivity contribution in [1.29, 1.82) is 0 Å². The topological polar surface area (TPSA) is 66.4 Å². The number of aliphatic carboxylic acids is 1. The molecule has 1 amide bonds. The highest BCUT2D eigenvalue weighted by molar-refractivity contribution is 6.31. The zero-order chi connectivity index (χ0) is 15.5. The van der Waals surface area contributed by atoms with E-state index in [1.165, 1.54) is 0 Å². The van der Waals surface area contributed by atoms with E-state index in [1.54, 1.807) is 45.9 Å². The predicted octanol–water partition coefficient (Wildman–Crippen LogP) is 3.26. The summed E-state index contributed by atoms with van der Waals surface area (Å²) in [4.78, 5) is 23.5. The van der Waals surface area contributed by atoms with Crippen molar-refractivity contribution in [1.82, 2.24) is 5.32 Å².